The molecule has 0 spiro atoms. The molecule has 1 N–H and O–H groups in total. The van der Waals surface area contributed by atoms with Crippen molar-refractivity contribution in [3.8, 4) is 0 Å². The molecule has 5 heteroatoms. The first-order valence-corrected chi connectivity index (χ1v) is 7.20. The molecule has 0 atom stereocenters. The number of halogens is 3. The Labute approximate surface area is 133 Å². The molecular formula is C18H18F3NO. The summed E-state index contributed by atoms with van der Waals surface area (Å²) in [6, 6.07) is 8.68. The van der Waals surface area contributed by atoms with Crippen LogP contribution in [0.25, 0.3) is 0 Å². The van der Waals surface area contributed by atoms with Gasteiger partial charge in [0.2, 0.25) is 0 Å². The molecule has 0 saturated carbocycles. The van der Waals surface area contributed by atoms with Crippen LogP contribution in [0.3, 0.4) is 0 Å². The van der Waals surface area contributed by atoms with E-state index in [1.807, 2.05) is 26.8 Å². The largest absolute Gasteiger partial charge is 0.416 e. The SMILES string of the molecule is Cc1cc(C)c(C(=O)NCc2cccc(C(F)(F)F)c2)cc1C. The number of hydrogen-bond donors (Lipinski definition) is 1. The van der Waals surface area contributed by atoms with Gasteiger partial charge in [0.15, 0.2) is 0 Å². The number of aryl methyl sites for hydroxylation is 3. The number of nitrogens with one attached hydrogen (secondary N) is 1. The fraction of sp³-hybridized carbons (Fsp3) is 0.278. The van der Waals surface area contributed by atoms with Gasteiger partial charge in [0, 0.05) is 12.1 Å². The highest BCUT2D eigenvalue weighted by atomic mass is 19.4. The minimum Gasteiger partial charge on any atom is -0.348 e. The van der Waals surface area contributed by atoms with Crippen LogP contribution in [0.4, 0.5) is 13.2 Å². The van der Waals surface area contributed by atoms with Gasteiger partial charge in [0.05, 0.1) is 5.56 Å². The lowest BCUT2D eigenvalue weighted by atomic mass is 10.0. The summed E-state index contributed by atoms with van der Waals surface area (Å²) < 4.78 is 38.0. The molecule has 0 bridgehead atoms. The lowest BCUT2D eigenvalue weighted by Gasteiger charge is -2.12. The van der Waals surface area contributed by atoms with E-state index in [9.17, 15) is 18.0 Å². The molecule has 0 heterocycles. The molecule has 0 saturated heterocycles. The fourth-order valence-electron chi connectivity index (χ4n) is 2.34. The van der Waals surface area contributed by atoms with E-state index in [0.29, 0.717) is 11.1 Å². The third kappa shape index (κ3) is 4.12. The molecule has 0 aromatic heterocycles. The number of carbonyl (C=O) groups is 1. The van der Waals surface area contributed by atoms with Crippen LogP contribution in [0.2, 0.25) is 0 Å². The third-order valence-electron chi connectivity index (χ3n) is 3.79. The summed E-state index contributed by atoms with van der Waals surface area (Å²) in [6.07, 6.45) is -4.38. The van der Waals surface area contributed by atoms with Crippen LogP contribution in [-0.4, -0.2) is 5.91 Å². The fourth-order valence-corrected chi connectivity index (χ4v) is 2.34. The maximum Gasteiger partial charge on any atom is 0.416 e. The zero-order valence-corrected chi connectivity index (χ0v) is 13.2. The summed E-state index contributed by atoms with van der Waals surface area (Å²) in [5.41, 5.74) is 3.17. The second kappa shape index (κ2) is 6.44. The van der Waals surface area contributed by atoms with Gasteiger partial charge in [0.1, 0.15) is 0 Å². The highest BCUT2D eigenvalue weighted by Crippen LogP contribution is 2.29. The molecule has 0 aliphatic rings. The van der Waals surface area contributed by atoms with Gasteiger partial charge in [-0.05, 0) is 61.2 Å². The average Bonchev–Trinajstić information content (AvgIpc) is 2.48. The monoisotopic (exact) mass is 321 g/mol. The Balaban J connectivity index is 2.12. The molecule has 2 rings (SSSR count). The molecule has 2 aromatic rings. The predicted octanol–water partition coefficient (Wildman–Crippen LogP) is 4.56. The first kappa shape index (κ1) is 17.1. The van der Waals surface area contributed by atoms with E-state index in [-0.39, 0.29) is 12.5 Å². The van der Waals surface area contributed by atoms with Gasteiger partial charge in [-0.3, -0.25) is 4.79 Å². The van der Waals surface area contributed by atoms with E-state index >= 15 is 0 Å². The van der Waals surface area contributed by atoms with Gasteiger partial charge < -0.3 is 5.32 Å². The number of rotatable bonds is 3. The van der Waals surface area contributed by atoms with Crippen molar-refractivity contribution in [1.29, 1.82) is 0 Å². The van der Waals surface area contributed by atoms with Crippen LogP contribution >= 0.6 is 0 Å². The number of alkyl halides is 3. The van der Waals surface area contributed by atoms with Crippen molar-refractivity contribution in [3.05, 3.63) is 69.8 Å². The Morgan fingerprint density at radius 1 is 1.00 bits per heavy atom. The number of carbonyl (C=O) groups excluding carboxylic acids is 1. The van der Waals surface area contributed by atoms with Gasteiger partial charge >= 0.3 is 6.18 Å². The number of hydrogen-bond acceptors (Lipinski definition) is 1. The smallest absolute Gasteiger partial charge is 0.348 e. The summed E-state index contributed by atoms with van der Waals surface area (Å²) in [4.78, 5) is 12.3. The van der Waals surface area contributed by atoms with Gasteiger partial charge in [0.25, 0.3) is 5.91 Å². The van der Waals surface area contributed by atoms with Crippen LogP contribution in [0.5, 0.6) is 0 Å². The highest BCUT2D eigenvalue weighted by molar-refractivity contribution is 5.95. The Kier molecular flexibility index (Phi) is 4.78. The van der Waals surface area contributed by atoms with E-state index < -0.39 is 11.7 Å². The zero-order valence-electron chi connectivity index (χ0n) is 13.2. The maximum atomic E-state index is 12.7. The van der Waals surface area contributed by atoms with E-state index in [0.717, 1.165) is 28.8 Å². The number of amides is 1. The second-order valence-corrected chi connectivity index (χ2v) is 5.63. The molecule has 0 fully saturated rings. The van der Waals surface area contributed by atoms with Crippen LogP contribution in [0.1, 0.15) is 38.2 Å². The van der Waals surface area contributed by atoms with Gasteiger partial charge in [-0.2, -0.15) is 13.2 Å². The highest BCUT2D eigenvalue weighted by Gasteiger charge is 2.30. The molecule has 23 heavy (non-hydrogen) atoms. The van der Waals surface area contributed by atoms with E-state index in [1.54, 1.807) is 12.1 Å². The standard InChI is InChI=1S/C18H18F3NO/c1-11-7-13(3)16(8-12(11)2)17(23)22-10-14-5-4-6-15(9-14)18(19,20)21/h4-9H,10H2,1-3H3,(H,22,23). The van der Waals surface area contributed by atoms with Crippen molar-refractivity contribution in [3.63, 3.8) is 0 Å². The summed E-state index contributed by atoms with van der Waals surface area (Å²) in [6.45, 7) is 5.77. The lowest BCUT2D eigenvalue weighted by Crippen LogP contribution is -2.24. The average molecular weight is 321 g/mol. The van der Waals surface area contributed by atoms with Crippen molar-refractivity contribution in [2.24, 2.45) is 0 Å². The molecule has 0 unspecified atom stereocenters. The lowest BCUT2D eigenvalue weighted by molar-refractivity contribution is -0.137. The van der Waals surface area contributed by atoms with Crippen molar-refractivity contribution in [2.75, 3.05) is 0 Å². The van der Waals surface area contributed by atoms with Crippen molar-refractivity contribution >= 4 is 5.91 Å². The molecule has 0 aliphatic carbocycles. The Morgan fingerprint density at radius 3 is 2.30 bits per heavy atom. The van der Waals surface area contributed by atoms with Gasteiger partial charge in [-0.25, -0.2) is 0 Å². The Hall–Kier alpha value is -2.30. The van der Waals surface area contributed by atoms with E-state index in [1.165, 1.54) is 6.07 Å². The summed E-state index contributed by atoms with van der Waals surface area (Å²) in [5, 5.41) is 2.68. The molecule has 1 amide bonds. The van der Waals surface area contributed by atoms with Crippen molar-refractivity contribution in [1.82, 2.24) is 5.32 Å². The molecule has 0 radical (unpaired) electrons. The normalized spacial score (nSPS) is 11.4. The van der Waals surface area contributed by atoms with E-state index in [2.05, 4.69) is 5.32 Å². The summed E-state index contributed by atoms with van der Waals surface area (Å²) in [5.74, 6) is -0.289. The third-order valence-corrected chi connectivity index (χ3v) is 3.79. The minimum atomic E-state index is -4.38. The number of benzene rings is 2. The Bertz CT molecular complexity index is 736. The predicted molar refractivity (Wildman–Crippen MR) is 83.3 cm³/mol. The quantitative estimate of drug-likeness (QED) is 0.882. The van der Waals surface area contributed by atoms with Crippen LogP contribution in [0, 0.1) is 20.8 Å². The van der Waals surface area contributed by atoms with Crippen molar-refractivity contribution < 1.29 is 18.0 Å². The summed E-state index contributed by atoms with van der Waals surface area (Å²) >= 11 is 0. The molecule has 122 valence electrons. The zero-order chi connectivity index (χ0) is 17.2. The Morgan fingerprint density at radius 2 is 1.65 bits per heavy atom. The first-order chi connectivity index (χ1) is 10.7. The van der Waals surface area contributed by atoms with Crippen LogP contribution in [-0.2, 0) is 12.7 Å². The maximum absolute atomic E-state index is 12.7. The van der Waals surface area contributed by atoms with Crippen molar-refractivity contribution in [2.45, 2.75) is 33.5 Å². The summed E-state index contributed by atoms with van der Waals surface area (Å²) in [7, 11) is 0. The first-order valence-electron chi connectivity index (χ1n) is 7.20. The van der Waals surface area contributed by atoms with Gasteiger partial charge in [-0.1, -0.05) is 18.2 Å². The second-order valence-electron chi connectivity index (χ2n) is 5.63. The van der Waals surface area contributed by atoms with Crippen LogP contribution in [0.15, 0.2) is 36.4 Å². The molecule has 2 nitrogen and oxygen atoms in total. The van der Waals surface area contributed by atoms with Gasteiger partial charge in [-0.15, -0.1) is 0 Å². The molecule has 2 aromatic carbocycles. The van der Waals surface area contributed by atoms with E-state index in [4.69, 9.17) is 0 Å². The topological polar surface area (TPSA) is 29.1 Å². The molecular weight excluding hydrogens is 303 g/mol. The molecule has 0 aliphatic heterocycles. The van der Waals surface area contributed by atoms with Crippen LogP contribution < -0.4 is 5.32 Å². The minimum absolute atomic E-state index is 0.0507.